The first-order valence-electron chi connectivity index (χ1n) is 5.52. The first-order chi connectivity index (χ1) is 8.09. The summed E-state index contributed by atoms with van der Waals surface area (Å²) >= 11 is 6.82. The Bertz CT molecular complexity index is 431. The number of carbonyl (C=O) groups excluding carboxylic acids is 1. The normalized spacial score (nSPS) is 19.4. The maximum absolute atomic E-state index is 12.3. The second kappa shape index (κ2) is 5.50. The summed E-state index contributed by atoms with van der Waals surface area (Å²) in [7, 11) is 1.87. The fourth-order valence-electron chi connectivity index (χ4n) is 1.99. The molecule has 1 saturated heterocycles. The van der Waals surface area contributed by atoms with Crippen molar-refractivity contribution in [2.24, 2.45) is 0 Å². The molecule has 1 aromatic carbocycles. The molecule has 0 spiro atoms. The average Bonchev–Trinajstić information content (AvgIpc) is 2.80. The fraction of sp³-hybridized carbons (Fsp3) is 0.417. The molecule has 1 heterocycles. The van der Waals surface area contributed by atoms with E-state index in [-0.39, 0.29) is 5.91 Å². The van der Waals surface area contributed by atoms with E-state index >= 15 is 0 Å². The number of benzene rings is 1. The summed E-state index contributed by atoms with van der Waals surface area (Å²) in [6.45, 7) is 1.88. The zero-order valence-corrected chi connectivity index (χ0v) is 12.7. The molecule has 92 valence electrons. The molecule has 1 aliphatic heterocycles. The molecule has 0 saturated carbocycles. The third-order valence-corrected chi connectivity index (χ3v) is 4.21. The lowest BCUT2D eigenvalue weighted by atomic mass is 10.1. The molecule has 1 N–H and O–H groups in total. The van der Waals surface area contributed by atoms with E-state index < -0.39 is 0 Å². The van der Waals surface area contributed by atoms with Crippen LogP contribution in [0.2, 0.25) is 0 Å². The highest BCUT2D eigenvalue weighted by atomic mass is 79.9. The van der Waals surface area contributed by atoms with Gasteiger partial charge >= 0.3 is 0 Å². The van der Waals surface area contributed by atoms with E-state index in [0.717, 1.165) is 28.5 Å². The fourth-order valence-corrected chi connectivity index (χ4v) is 3.21. The van der Waals surface area contributed by atoms with Crippen LogP contribution in [0, 0.1) is 0 Å². The van der Waals surface area contributed by atoms with Crippen LogP contribution in [-0.4, -0.2) is 37.0 Å². The standard InChI is InChI=1S/C12H14Br2N2O/c1-16(9-4-5-15-7-9)12(17)10-3-2-8(13)6-11(10)14/h2-3,6,9,15H,4-5,7H2,1H3. The molecule has 5 heteroatoms. The number of hydrogen-bond donors (Lipinski definition) is 1. The number of hydrogen-bond acceptors (Lipinski definition) is 2. The predicted octanol–water partition coefficient (Wildman–Crippen LogP) is 2.65. The van der Waals surface area contributed by atoms with Crippen LogP contribution in [0.25, 0.3) is 0 Å². The molecule has 1 fully saturated rings. The van der Waals surface area contributed by atoms with Gasteiger partial charge in [0, 0.05) is 28.6 Å². The van der Waals surface area contributed by atoms with E-state index in [4.69, 9.17) is 0 Å². The van der Waals surface area contributed by atoms with Gasteiger partial charge in [-0.05, 0) is 47.1 Å². The van der Waals surface area contributed by atoms with Crippen LogP contribution in [0.15, 0.2) is 27.1 Å². The van der Waals surface area contributed by atoms with Gasteiger partial charge in [-0.25, -0.2) is 0 Å². The lowest BCUT2D eigenvalue weighted by Gasteiger charge is -2.24. The Morgan fingerprint density at radius 3 is 2.82 bits per heavy atom. The van der Waals surface area contributed by atoms with Gasteiger partial charge in [0.2, 0.25) is 0 Å². The van der Waals surface area contributed by atoms with E-state index in [0.29, 0.717) is 11.6 Å². The van der Waals surface area contributed by atoms with Crippen LogP contribution in [0.1, 0.15) is 16.8 Å². The van der Waals surface area contributed by atoms with Gasteiger partial charge in [0.05, 0.1) is 5.56 Å². The van der Waals surface area contributed by atoms with Crippen LogP contribution >= 0.6 is 31.9 Å². The first-order valence-corrected chi connectivity index (χ1v) is 7.11. The SMILES string of the molecule is CN(C(=O)c1ccc(Br)cc1Br)C1CCNC1. The summed E-state index contributed by atoms with van der Waals surface area (Å²) < 4.78 is 1.79. The Morgan fingerprint density at radius 1 is 1.47 bits per heavy atom. The second-order valence-corrected chi connectivity index (χ2v) is 5.96. The van der Waals surface area contributed by atoms with Gasteiger partial charge in [0.1, 0.15) is 0 Å². The van der Waals surface area contributed by atoms with Gasteiger partial charge in [-0.2, -0.15) is 0 Å². The Hall–Kier alpha value is -0.390. The molecule has 3 nitrogen and oxygen atoms in total. The Balaban J connectivity index is 2.18. The van der Waals surface area contributed by atoms with Gasteiger partial charge in [-0.1, -0.05) is 15.9 Å². The number of likely N-dealkylation sites (N-methyl/N-ethyl adjacent to an activating group) is 1. The highest BCUT2D eigenvalue weighted by Crippen LogP contribution is 2.24. The maximum Gasteiger partial charge on any atom is 0.255 e. The van der Waals surface area contributed by atoms with Crippen molar-refractivity contribution in [3.8, 4) is 0 Å². The van der Waals surface area contributed by atoms with Crippen molar-refractivity contribution in [2.75, 3.05) is 20.1 Å². The summed E-state index contributed by atoms with van der Waals surface area (Å²) in [4.78, 5) is 14.1. The molecule has 0 radical (unpaired) electrons. The Labute approximate surface area is 118 Å². The summed E-state index contributed by atoms with van der Waals surface area (Å²) in [5.74, 6) is 0.0677. The van der Waals surface area contributed by atoms with E-state index in [1.54, 1.807) is 0 Å². The lowest BCUT2D eigenvalue weighted by Crippen LogP contribution is -2.38. The van der Waals surface area contributed by atoms with E-state index in [2.05, 4.69) is 37.2 Å². The van der Waals surface area contributed by atoms with Crippen molar-refractivity contribution in [3.05, 3.63) is 32.7 Å². The maximum atomic E-state index is 12.3. The molecule has 1 aromatic rings. The number of carbonyl (C=O) groups is 1. The summed E-state index contributed by atoms with van der Waals surface area (Å²) in [6.07, 6.45) is 1.02. The van der Waals surface area contributed by atoms with Crippen LogP contribution in [-0.2, 0) is 0 Å². The topological polar surface area (TPSA) is 32.3 Å². The van der Waals surface area contributed by atoms with Gasteiger partial charge in [-0.15, -0.1) is 0 Å². The largest absolute Gasteiger partial charge is 0.337 e. The third kappa shape index (κ3) is 2.89. The van der Waals surface area contributed by atoms with Gasteiger partial charge in [0.15, 0.2) is 0 Å². The van der Waals surface area contributed by atoms with Crippen molar-refractivity contribution < 1.29 is 4.79 Å². The molecular weight excluding hydrogens is 348 g/mol. The minimum atomic E-state index is 0.0677. The molecule has 0 aromatic heterocycles. The van der Waals surface area contributed by atoms with E-state index in [9.17, 15) is 4.79 Å². The number of nitrogens with zero attached hydrogens (tertiary/aromatic N) is 1. The summed E-state index contributed by atoms with van der Waals surface area (Å²) in [5.41, 5.74) is 0.711. The molecule has 1 atom stereocenters. The Kier molecular flexibility index (Phi) is 4.22. The molecule has 0 bridgehead atoms. The van der Waals surface area contributed by atoms with Crippen LogP contribution in [0.5, 0.6) is 0 Å². The van der Waals surface area contributed by atoms with Crippen molar-refractivity contribution in [1.82, 2.24) is 10.2 Å². The number of nitrogens with one attached hydrogen (secondary N) is 1. The zero-order chi connectivity index (χ0) is 12.4. The zero-order valence-electron chi connectivity index (χ0n) is 9.54. The predicted molar refractivity (Wildman–Crippen MR) is 75.2 cm³/mol. The average molecular weight is 362 g/mol. The monoisotopic (exact) mass is 360 g/mol. The highest BCUT2D eigenvalue weighted by molar-refractivity contribution is 9.11. The molecule has 17 heavy (non-hydrogen) atoms. The van der Waals surface area contributed by atoms with Gasteiger partial charge in [0.25, 0.3) is 5.91 Å². The van der Waals surface area contributed by atoms with E-state index in [1.165, 1.54) is 0 Å². The van der Waals surface area contributed by atoms with Crippen LogP contribution < -0.4 is 5.32 Å². The minimum absolute atomic E-state index is 0.0677. The molecule has 1 amide bonds. The molecule has 1 aliphatic rings. The van der Waals surface area contributed by atoms with Crippen molar-refractivity contribution in [3.63, 3.8) is 0 Å². The second-order valence-electron chi connectivity index (χ2n) is 4.19. The van der Waals surface area contributed by atoms with Crippen molar-refractivity contribution in [2.45, 2.75) is 12.5 Å². The highest BCUT2D eigenvalue weighted by Gasteiger charge is 2.24. The minimum Gasteiger partial charge on any atom is -0.337 e. The first kappa shape index (κ1) is 13.1. The lowest BCUT2D eigenvalue weighted by molar-refractivity contribution is 0.0743. The molecule has 2 rings (SSSR count). The summed E-state index contributed by atoms with van der Waals surface area (Å²) in [6, 6.07) is 5.93. The van der Waals surface area contributed by atoms with Crippen molar-refractivity contribution >= 4 is 37.8 Å². The number of halogens is 2. The molecular formula is C12H14Br2N2O. The van der Waals surface area contributed by atoms with Gasteiger partial charge in [-0.3, -0.25) is 4.79 Å². The number of rotatable bonds is 2. The quantitative estimate of drug-likeness (QED) is 0.878. The third-order valence-electron chi connectivity index (χ3n) is 3.06. The van der Waals surface area contributed by atoms with Gasteiger partial charge < -0.3 is 10.2 Å². The number of amides is 1. The van der Waals surface area contributed by atoms with Crippen molar-refractivity contribution in [1.29, 1.82) is 0 Å². The van der Waals surface area contributed by atoms with Crippen LogP contribution in [0.3, 0.4) is 0 Å². The Morgan fingerprint density at radius 2 is 2.24 bits per heavy atom. The molecule has 0 aliphatic carbocycles. The van der Waals surface area contributed by atoms with E-state index in [1.807, 2.05) is 30.1 Å². The summed E-state index contributed by atoms with van der Waals surface area (Å²) in [5, 5.41) is 3.27. The van der Waals surface area contributed by atoms with Crippen LogP contribution in [0.4, 0.5) is 0 Å². The smallest absolute Gasteiger partial charge is 0.255 e. The molecule has 1 unspecified atom stereocenters.